The molecule has 1 heterocycles. The first kappa shape index (κ1) is 18.8. The highest BCUT2D eigenvalue weighted by molar-refractivity contribution is 5.50. The number of hydrogen-bond acceptors (Lipinski definition) is 6. The van der Waals surface area contributed by atoms with Crippen LogP contribution in [0.4, 0.5) is 0 Å². The van der Waals surface area contributed by atoms with Gasteiger partial charge in [-0.2, -0.15) is 0 Å². The number of nitrogens with one attached hydrogen (secondary N) is 1. The Hall–Kier alpha value is -1.50. The third-order valence-electron chi connectivity index (χ3n) is 4.20. The summed E-state index contributed by atoms with van der Waals surface area (Å²) < 4.78 is 21.9. The molecule has 0 aliphatic carbocycles. The van der Waals surface area contributed by atoms with Gasteiger partial charge in [-0.05, 0) is 19.9 Å². The van der Waals surface area contributed by atoms with Crippen molar-refractivity contribution in [3.05, 3.63) is 17.7 Å². The lowest BCUT2D eigenvalue weighted by Gasteiger charge is -2.35. The van der Waals surface area contributed by atoms with E-state index in [4.69, 9.17) is 18.9 Å². The summed E-state index contributed by atoms with van der Waals surface area (Å²) in [5.41, 5.74) is 1.05. The molecule has 1 aromatic carbocycles. The average molecular weight is 338 g/mol. The lowest BCUT2D eigenvalue weighted by Crippen LogP contribution is -2.47. The Balaban J connectivity index is 1.87. The Morgan fingerprint density at radius 1 is 1.00 bits per heavy atom. The van der Waals surface area contributed by atoms with Gasteiger partial charge in [0.1, 0.15) is 5.75 Å². The van der Waals surface area contributed by atoms with E-state index in [1.807, 2.05) is 12.1 Å². The molecule has 0 bridgehead atoms. The molecule has 0 amide bonds. The van der Waals surface area contributed by atoms with Crippen LogP contribution in [0.15, 0.2) is 12.1 Å². The van der Waals surface area contributed by atoms with Crippen LogP contribution in [0.2, 0.25) is 0 Å². The Morgan fingerprint density at radius 3 is 2.17 bits per heavy atom. The van der Waals surface area contributed by atoms with Gasteiger partial charge < -0.3 is 24.3 Å². The Morgan fingerprint density at radius 2 is 1.58 bits per heavy atom. The summed E-state index contributed by atoms with van der Waals surface area (Å²) in [7, 11) is 4.93. The molecule has 1 fully saturated rings. The van der Waals surface area contributed by atoms with E-state index in [1.165, 1.54) is 0 Å². The quantitative estimate of drug-likeness (QED) is 0.731. The number of rotatable bonds is 8. The van der Waals surface area contributed by atoms with Crippen molar-refractivity contribution >= 4 is 0 Å². The van der Waals surface area contributed by atoms with Gasteiger partial charge in [0.15, 0.2) is 11.5 Å². The van der Waals surface area contributed by atoms with Crippen molar-refractivity contribution in [2.24, 2.45) is 0 Å². The molecule has 1 aliphatic heterocycles. The van der Waals surface area contributed by atoms with Crippen molar-refractivity contribution in [1.29, 1.82) is 0 Å². The molecule has 24 heavy (non-hydrogen) atoms. The highest BCUT2D eigenvalue weighted by Crippen LogP contribution is 2.34. The van der Waals surface area contributed by atoms with E-state index in [0.29, 0.717) is 23.7 Å². The zero-order chi connectivity index (χ0) is 17.5. The predicted molar refractivity (Wildman–Crippen MR) is 94.3 cm³/mol. The second kappa shape index (κ2) is 9.11. The molecule has 6 heteroatoms. The number of ether oxygens (including phenoxy) is 4. The Labute approximate surface area is 145 Å². The summed E-state index contributed by atoms with van der Waals surface area (Å²) in [5.74, 6) is 2.19. The van der Waals surface area contributed by atoms with E-state index < -0.39 is 0 Å². The molecule has 1 aromatic rings. The van der Waals surface area contributed by atoms with Crippen LogP contribution in [0.3, 0.4) is 0 Å². The smallest absolute Gasteiger partial charge is 0.164 e. The van der Waals surface area contributed by atoms with Crippen molar-refractivity contribution in [3.63, 3.8) is 0 Å². The lowest BCUT2D eigenvalue weighted by atomic mass is 10.1. The molecule has 0 spiro atoms. The topological polar surface area (TPSA) is 52.2 Å². The zero-order valence-corrected chi connectivity index (χ0v) is 15.4. The largest absolute Gasteiger partial charge is 0.496 e. The van der Waals surface area contributed by atoms with E-state index in [-0.39, 0.29) is 0 Å². The Bertz CT molecular complexity index is 514. The normalized spacial score (nSPS) is 21.5. The van der Waals surface area contributed by atoms with Gasteiger partial charge in [0.2, 0.25) is 0 Å². The number of methoxy groups -OCH3 is 3. The molecule has 1 aliphatic rings. The van der Waals surface area contributed by atoms with Crippen molar-refractivity contribution in [3.8, 4) is 17.2 Å². The van der Waals surface area contributed by atoms with E-state index in [2.05, 4.69) is 24.1 Å². The average Bonchev–Trinajstić information content (AvgIpc) is 2.57. The maximum Gasteiger partial charge on any atom is 0.164 e. The summed E-state index contributed by atoms with van der Waals surface area (Å²) in [6.45, 7) is 8.89. The SMILES string of the molecule is COc1cc(OC)c(OC)cc1CNCCN1CC(C)OC(C)C1. The maximum absolute atomic E-state index is 5.77. The minimum Gasteiger partial charge on any atom is -0.496 e. The predicted octanol–water partition coefficient (Wildman–Crippen LogP) is 1.91. The fraction of sp³-hybridized carbons (Fsp3) is 0.667. The van der Waals surface area contributed by atoms with Gasteiger partial charge in [-0.1, -0.05) is 0 Å². The van der Waals surface area contributed by atoms with Gasteiger partial charge in [0.05, 0.1) is 33.5 Å². The molecule has 0 aromatic heterocycles. The van der Waals surface area contributed by atoms with Gasteiger partial charge in [-0.25, -0.2) is 0 Å². The highest BCUT2D eigenvalue weighted by Gasteiger charge is 2.21. The van der Waals surface area contributed by atoms with Gasteiger partial charge in [0, 0.05) is 44.4 Å². The third-order valence-corrected chi connectivity index (χ3v) is 4.20. The molecule has 1 saturated heterocycles. The second-order valence-electron chi connectivity index (χ2n) is 6.21. The molecular formula is C18H30N2O4. The number of benzene rings is 1. The molecule has 2 rings (SSSR count). The van der Waals surface area contributed by atoms with Crippen molar-refractivity contribution in [2.75, 3.05) is 47.5 Å². The first-order valence-corrected chi connectivity index (χ1v) is 8.44. The first-order chi connectivity index (χ1) is 11.6. The van der Waals surface area contributed by atoms with Crippen LogP contribution >= 0.6 is 0 Å². The van der Waals surface area contributed by atoms with Crippen LogP contribution in [0.1, 0.15) is 19.4 Å². The molecule has 2 atom stereocenters. The summed E-state index contributed by atoms with van der Waals surface area (Å²) in [4.78, 5) is 2.44. The highest BCUT2D eigenvalue weighted by atomic mass is 16.5. The van der Waals surface area contributed by atoms with Crippen LogP contribution in [0.5, 0.6) is 17.2 Å². The summed E-state index contributed by atoms with van der Waals surface area (Å²) in [6.07, 6.45) is 0.611. The molecule has 1 N–H and O–H groups in total. The summed E-state index contributed by atoms with van der Waals surface area (Å²) in [5, 5.41) is 3.48. The lowest BCUT2D eigenvalue weighted by molar-refractivity contribution is -0.0674. The number of nitrogens with zero attached hydrogens (tertiary/aromatic N) is 1. The first-order valence-electron chi connectivity index (χ1n) is 8.44. The van der Waals surface area contributed by atoms with Crippen LogP contribution in [0.25, 0.3) is 0 Å². The summed E-state index contributed by atoms with van der Waals surface area (Å²) >= 11 is 0. The van der Waals surface area contributed by atoms with E-state index in [0.717, 1.165) is 44.0 Å². The molecule has 0 radical (unpaired) electrons. The van der Waals surface area contributed by atoms with Crippen molar-refractivity contribution < 1.29 is 18.9 Å². The minimum absolute atomic E-state index is 0.305. The number of hydrogen-bond donors (Lipinski definition) is 1. The monoisotopic (exact) mass is 338 g/mol. The van der Waals surface area contributed by atoms with Crippen LogP contribution < -0.4 is 19.5 Å². The number of morpholine rings is 1. The minimum atomic E-state index is 0.305. The zero-order valence-electron chi connectivity index (χ0n) is 15.4. The molecular weight excluding hydrogens is 308 g/mol. The van der Waals surface area contributed by atoms with Crippen LogP contribution in [-0.4, -0.2) is 64.6 Å². The summed E-state index contributed by atoms with van der Waals surface area (Å²) in [6, 6.07) is 3.82. The third kappa shape index (κ3) is 5.00. The maximum atomic E-state index is 5.77. The van der Waals surface area contributed by atoms with Crippen LogP contribution in [-0.2, 0) is 11.3 Å². The van der Waals surface area contributed by atoms with Crippen molar-refractivity contribution in [1.82, 2.24) is 10.2 Å². The van der Waals surface area contributed by atoms with E-state index >= 15 is 0 Å². The van der Waals surface area contributed by atoms with E-state index in [1.54, 1.807) is 21.3 Å². The van der Waals surface area contributed by atoms with Crippen molar-refractivity contribution in [2.45, 2.75) is 32.6 Å². The Kier molecular flexibility index (Phi) is 7.15. The van der Waals surface area contributed by atoms with Crippen LogP contribution in [0, 0.1) is 0 Å². The molecule has 0 saturated carbocycles. The van der Waals surface area contributed by atoms with Gasteiger partial charge >= 0.3 is 0 Å². The van der Waals surface area contributed by atoms with Gasteiger partial charge in [0.25, 0.3) is 0 Å². The van der Waals surface area contributed by atoms with Gasteiger partial charge in [-0.15, -0.1) is 0 Å². The molecule has 6 nitrogen and oxygen atoms in total. The molecule has 2 unspecified atom stereocenters. The van der Waals surface area contributed by atoms with E-state index in [9.17, 15) is 0 Å². The molecule has 136 valence electrons. The second-order valence-corrected chi connectivity index (χ2v) is 6.21. The fourth-order valence-corrected chi connectivity index (χ4v) is 3.16. The van der Waals surface area contributed by atoms with Gasteiger partial charge in [-0.3, -0.25) is 4.90 Å². The standard InChI is InChI=1S/C18H30N2O4/c1-13-11-20(12-14(2)24-13)7-6-19-10-15-8-17(22-4)18(23-5)9-16(15)21-3/h8-9,13-14,19H,6-7,10-12H2,1-5H3. The fourth-order valence-electron chi connectivity index (χ4n) is 3.16.